The predicted octanol–water partition coefficient (Wildman–Crippen LogP) is 1.92. The van der Waals surface area contributed by atoms with Crippen molar-refractivity contribution in [2.24, 2.45) is 4.99 Å². The third kappa shape index (κ3) is 6.73. The predicted molar refractivity (Wildman–Crippen MR) is 112 cm³/mol. The van der Waals surface area contributed by atoms with Crippen LogP contribution >= 0.6 is 24.0 Å². The second-order valence-corrected chi connectivity index (χ2v) is 6.53. The molecule has 0 bridgehead atoms. The van der Waals surface area contributed by atoms with E-state index in [-0.39, 0.29) is 41.8 Å². The maximum Gasteiger partial charge on any atom is 0.228 e. The molecule has 8 nitrogen and oxygen atoms in total. The Morgan fingerprint density at radius 2 is 2.19 bits per heavy atom. The molecule has 9 heteroatoms. The van der Waals surface area contributed by atoms with Crippen LogP contribution in [0.2, 0.25) is 0 Å². The molecular formula is C17H31IN6O2. The van der Waals surface area contributed by atoms with E-state index in [9.17, 15) is 4.79 Å². The van der Waals surface area contributed by atoms with E-state index in [2.05, 4.69) is 25.8 Å². The molecule has 1 saturated heterocycles. The lowest BCUT2D eigenvalue weighted by atomic mass is 10.2. The molecule has 0 radical (unpaired) electrons. The number of carbonyl (C=O) groups is 1. The van der Waals surface area contributed by atoms with Gasteiger partial charge >= 0.3 is 0 Å². The summed E-state index contributed by atoms with van der Waals surface area (Å²) >= 11 is 0. The van der Waals surface area contributed by atoms with Crippen LogP contribution in [0.5, 0.6) is 0 Å². The van der Waals surface area contributed by atoms with Crippen molar-refractivity contribution in [2.75, 3.05) is 26.2 Å². The lowest BCUT2D eigenvalue weighted by Crippen LogP contribution is -2.45. The number of guanidine groups is 1. The minimum Gasteiger partial charge on any atom is -0.357 e. The molecule has 0 saturated carbocycles. The third-order valence-corrected chi connectivity index (χ3v) is 4.12. The summed E-state index contributed by atoms with van der Waals surface area (Å²) in [5.74, 6) is 2.58. The van der Waals surface area contributed by atoms with Crippen LogP contribution in [0, 0.1) is 0 Å². The first-order chi connectivity index (χ1) is 12.0. The average Bonchev–Trinajstić information content (AvgIpc) is 3.24. The Balaban J connectivity index is 0.00000338. The van der Waals surface area contributed by atoms with E-state index in [1.807, 2.05) is 32.6 Å². The molecule has 1 unspecified atom stereocenters. The second kappa shape index (κ2) is 11.3. The molecule has 1 fully saturated rings. The Bertz CT molecular complexity index is 590. The molecule has 1 atom stereocenters. The van der Waals surface area contributed by atoms with Crippen molar-refractivity contribution in [3.63, 3.8) is 0 Å². The van der Waals surface area contributed by atoms with Gasteiger partial charge in [0.15, 0.2) is 11.8 Å². The average molecular weight is 478 g/mol. The summed E-state index contributed by atoms with van der Waals surface area (Å²) in [6.45, 7) is 10.9. The number of halogens is 1. The monoisotopic (exact) mass is 478 g/mol. The summed E-state index contributed by atoms with van der Waals surface area (Å²) in [7, 11) is 0. The zero-order chi connectivity index (χ0) is 18.2. The normalized spacial score (nSPS) is 17.3. The van der Waals surface area contributed by atoms with Crippen molar-refractivity contribution in [3.05, 3.63) is 11.7 Å². The molecule has 2 heterocycles. The van der Waals surface area contributed by atoms with E-state index >= 15 is 0 Å². The van der Waals surface area contributed by atoms with Crippen molar-refractivity contribution in [1.82, 2.24) is 25.7 Å². The second-order valence-electron chi connectivity index (χ2n) is 6.53. The summed E-state index contributed by atoms with van der Waals surface area (Å²) in [6.07, 6.45) is 2.11. The van der Waals surface area contributed by atoms with Gasteiger partial charge in [-0.2, -0.15) is 4.98 Å². The van der Waals surface area contributed by atoms with Gasteiger partial charge in [0.2, 0.25) is 11.8 Å². The van der Waals surface area contributed by atoms with Gasteiger partial charge in [0.1, 0.15) is 0 Å². The summed E-state index contributed by atoms with van der Waals surface area (Å²) in [5, 5.41) is 10.6. The third-order valence-electron chi connectivity index (χ3n) is 4.12. The van der Waals surface area contributed by atoms with Gasteiger partial charge in [-0.15, -0.1) is 24.0 Å². The zero-order valence-corrected chi connectivity index (χ0v) is 18.4. The maximum absolute atomic E-state index is 11.8. The van der Waals surface area contributed by atoms with Crippen molar-refractivity contribution >= 4 is 35.8 Å². The number of likely N-dealkylation sites (tertiary alicyclic amines) is 1. The Hall–Kier alpha value is -1.39. The van der Waals surface area contributed by atoms with E-state index < -0.39 is 0 Å². The van der Waals surface area contributed by atoms with Crippen LogP contribution in [-0.2, 0) is 11.2 Å². The van der Waals surface area contributed by atoms with Crippen molar-refractivity contribution < 1.29 is 9.32 Å². The number of nitrogens with zero attached hydrogens (tertiary/aromatic N) is 4. The highest BCUT2D eigenvalue weighted by Gasteiger charge is 2.25. The number of aromatic nitrogens is 2. The van der Waals surface area contributed by atoms with Gasteiger partial charge < -0.3 is 20.1 Å². The van der Waals surface area contributed by atoms with Gasteiger partial charge in [-0.1, -0.05) is 25.9 Å². The molecule has 1 amide bonds. The van der Waals surface area contributed by atoms with Gasteiger partial charge in [-0.05, 0) is 13.3 Å². The van der Waals surface area contributed by atoms with Crippen LogP contribution in [-0.4, -0.2) is 59.1 Å². The molecule has 26 heavy (non-hydrogen) atoms. The number of carbonyl (C=O) groups excluding carboxylic acids is 1. The number of rotatable bonds is 7. The molecule has 0 aromatic carbocycles. The van der Waals surface area contributed by atoms with Crippen LogP contribution in [0.1, 0.15) is 58.2 Å². The molecule has 148 valence electrons. The first-order valence-corrected chi connectivity index (χ1v) is 9.18. The van der Waals surface area contributed by atoms with Crippen molar-refractivity contribution in [3.8, 4) is 0 Å². The van der Waals surface area contributed by atoms with E-state index in [0.717, 1.165) is 37.8 Å². The summed E-state index contributed by atoms with van der Waals surface area (Å²) in [6, 6.07) is 0.240. The van der Waals surface area contributed by atoms with E-state index in [0.29, 0.717) is 25.3 Å². The fraction of sp³-hybridized carbons (Fsp3) is 0.765. The number of nitrogens with one attached hydrogen (secondary N) is 2. The van der Waals surface area contributed by atoms with Crippen molar-refractivity contribution in [1.29, 1.82) is 0 Å². The highest BCUT2D eigenvalue weighted by atomic mass is 127. The lowest BCUT2D eigenvalue weighted by Gasteiger charge is -2.18. The molecule has 1 aromatic rings. The van der Waals surface area contributed by atoms with Gasteiger partial charge in [0, 0.05) is 44.4 Å². The van der Waals surface area contributed by atoms with Gasteiger partial charge in [-0.3, -0.25) is 9.79 Å². The first-order valence-electron chi connectivity index (χ1n) is 9.18. The standard InChI is InChI=1S/C17H30N6O2.HI/c1-5-15(24)23-10-8-13(11-23)20-17(18-6-2)19-9-7-14-21-16(12(3)4)22-25-14;/h12-13H,5-11H2,1-4H3,(H2,18,19,20);1H. The van der Waals surface area contributed by atoms with E-state index in [4.69, 9.17) is 4.52 Å². The fourth-order valence-electron chi connectivity index (χ4n) is 2.71. The smallest absolute Gasteiger partial charge is 0.228 e. The van der Waals surface area contributed by atoms with Crippen LogP contribution in [0.3, 0.4) is 0 Å². The highest BCUT2D eigenvalue weighted by Crippen LogP contribution is 2.11. The number of hydrogen-bond acceptors (Lipinski definition) is 5. The van der Waals surface area contributed by atoms with Crippen LogP contribution in [0.25, 0.3) is 0 Å². The molecule has 2 N–H and O–H groups in total. The molecular weight excluding hydrogens is 447 g/mol. The fourth-order valence-corrected chi connectivity index (χ4v) is 2.71. The van der Waals surface area contributed by atoms with Crippen LogP contribution in [0.4, 0.5) is 0 Å². The van der Waals surface area contributed by atoms with Gasteiger partial charge in [0.25, 0.3) is 0 Å². The van der Waals surface area contributed by atoms with E-state index in [1.165, 1.54) is 0 Å². The molecule has 2 rings (SSSR count). The van der Waals surface area contributed by atoms with Gasteiger partial charge in [0.05, 0.1) is 6.54 Å². The topological polar surface area (TPSA) is 95.7 Å². The minimum atomic E-state index is 0. The Labute approximate surface area is 172 Å². The maximum atomic E-state index is 11.8. The Morgan fingerprint density at radius 1 is 1.42 bits per heavy atom. The number of aliphatic imine (C=N–C) groups is 1. The SMILES string of the molecule is CCNC(=NCCc1nc(C(C)C)no1)NC1CCN(C(=O)CC)C1.I. The Morgan fingerprint density at radius 3 is 2.81 bits per heavy atom. The number of hydrogen-bond donors (Lipinski definition) is 2. The summed E-state index contributed by atoms with van der Waals surface area (Å²) in [4.78, 5) is 22.6. The Kier molecular flexibility index (Phi) is 9.89. The number of amides is 1. The lowest BCUT2D eigenvalue weighted by molar-refractivity contribution is -0.129. The van der Waals surface area contributed by atoms with E-state index in [1.54, 1.807) is 0 Å². The molecule has 0 spiro atoms. The first kappa shape index (κ1) is 22.7. The largest absolute Gasteiger partial charge is 0.357 e. The van der Waals surface area contributed by atoms with Crippen LogP contribution in [0.15, 0.2) is 9.52 Å². The van der Waals surface area contributed by atoms with Gasteiger partial charge in [-0.25, -0.2) is 0 Å². The summed E-state index contributed by atoms with van der Waals surface area (Å²) in [5.41, 5.74) is 0. The quantitative estimate of drug-likeness (QED) is 0.353. The molecule has 1 aliphatic heterocycles. The molecule has 1 aliphatic rings. The van der Waals surface area contributed by atoms with Crippen molar-refractivity contribution in [2.45, 2.75) is 58.9 Å². The molecule has 0 aliphatic carbocycles. The summed E-state index contributed by atoms with van der Waals surface area (Å²) < 4.78 is 5.24. The molecule has 1 aromatic heterocycles. The minimum absolute atomic E-state index is 0. The van der Waals surface area contributed by atoms with Crippen LogP contribution < -0.4 is 10.6 Å². The zero-order valence-electron chi connectivity index (χ0n) is 16.1. The highest BCUT2D eigenvalue weighted by molar-refractivity contribution is 14.0.